The van der Waals surface area contributed by atoms with Crippen LogP contribution in [0.1, 0.15) is 11.1 Å². The molecule has 2 aromatic carbocycles. The molecule has 0 aliphatic heterocycles. The minimum atomic E-state index is -0.429. The largest absolute Gasteiger partial charge is 0.457 e. The summed E-state index contributed by atoms with van der Waals surface area (Å²) in [6, 6.07) is 10.1. The number of hydrogen-bond acceptors (Lipinski definition) is 4. The molecule has 0 saturated carbocycles. The molecule has 0 amide bonds. The molecule has 0 aromatic heterocycles. The number of rotatable bonds is 4. The van der Waals surface area contributed by atoms with E-state index < -0.39 is 4.92 Å². The number of nitrogens with two attached hydrogens (primary N) is 1. The van der Waals surface area contributed by atoms with Crippen LogP contribution in [-0.4, -0.2) is 4.92 Å². The van der Waals surface area contributed by atoms with Crippen LogP contribution in [0, 0.1) is 17.0 Å². The van der Waals surface area contributed by atoms with Gasteiger partial charge in [0.1, 0.15) is 11.5 Å². The number of halogens is 1. The zero-order valence-electron chi connectivity index (χ0n) is 10.8. The summed E-state index contributed by atoms with van der Waals surface area (Å²) < 4.78 is 6.69. The molecule has 0 aliphatic carbocycles. The quantitative estimate of drug-likeness (QED) is 0.677. The maximum absolute atomic E-state index is 10.7. The van der Waals surface area contributed by atoms with Crippen molar-refractivity contribution in [2.45, 2.75) is 13.5 Å². The molecule has 0 radical (unpaired) electrons. The van der Waals surface area contributed by atoms with Gasteiger partial charge in [0, 0.05) is 28.7 Å². The van der Waals surface area contributed by atoms with E-state index in [9.17, 15) is 10.1 Å². The number of nitrogens with zero attached hydrogens (tertiary/aromatic N) is 1. The van der Waals surface area contributed by atoms with Crippen LogP contribution in [0.3, 0.4) is 0 Å². The van der Waals surface area contributed by atoms with Gasteiger partial charge in [0.05, 0.1) is 4.92 Å². The molecule has 0 saturated heterocycles. The van der Waals surface area contributed by atoms with Crippen molar-refractivity contribution in [2.24, 2.45) is 5.73 Å². The Labute approximate surface area is 124 Å². The molecule has 104 valence electrons. The summed E-state index contributed by atoms with van der Waals surface area (Å²) >= 11 is 3.38. The van der Waals surface area contributed by atoms with Crippen molar-refractivity contribution < 1.29 is 9.66 Å². The van der Waals surface area contributed by atoms with E-state index in [1.54, 1.807) is 13.0 Å². The lowest BCUT2D eigenvalue weighted by molar-refractivity contribution is -0.384. The van der Waals surface area contributed by atoms with Crippen LogP contribution in [0.5, 0.6) is 11.5 Å². The van der Waals surface area contributed by atoms with E-state index in [0.29, 0.717) is 23.6 Å². The molecule has 0 aliphatic rings. The molecule has 0 spiro atoms. The highest BCUT2D eigenvalue weighted by Gasteiger charge is 2.11. The molecule has 2 N–H and O–H groups in total. The maximum Gasteiger partial charge on any atom is 0.269 e. The molecule has 20 heavy (non-hydrogen) atoms. The van der Waals surface area contributed by atoms with Crippen LogP contribution in [0.15, 0.2) is 40.9 Å². The Balaban J connectivity index is 2.35. The van der Waals surface area contributed by atoms with Crippen LogP contribution in [0.25, 0.3) is 0 Å². The van der Waals surface area contributed by atoms with Gasteiger partial charge in [-0.25, -0.2) is 0 Å². The Morgan fingerprint density at radius 1 is 1.25 bits per heavy atom. The third-order valence-electron chi connectivity index (χ3n) is 2.84. The number of hydrogen-bond donors (Lipinski definition) is 1. The third-order valence-corrected chi connectivity index (χ3v) is 3.33. The second-order valence-corrected chi connectivity index (χ2v) is 5.18. The van der Waals surface area contributed by atoms with Crippen molar-refractivity contribution >= 4 is 21.6 Å². The Kier molecular flexibility index (Phi) is 4.36. The second-order valence-electron chi connectivity index (χ2n) is 4.27. The topological polar surface area (TPSA) is 78.4 Å². The monoisotopic (exact) mass is 336 g/mol. The highest BCUT2D eigenvalue weighted by atomic mass is 79.9. The van der Waals surface area contributed by atoms with Crippen molar-refractivity contribution in [3.63, 3.8) is 0 Å². The van der Waals surface area contributed by atoms with Gasteiger partial charge in [0.15, 0.2) is 0 Å². The molecule has 0 unspecified atom stereocenters. The number of benzene rings is 2. The van der Waals surface area contributed by atoms with E-state index >= 15 is 0 Å². The fraction of sp³-hybridized carbons (Fsp3) is 0.143. The number of non-ortho nitro benzene ring substituents is 1. The van der Waals surface area contributed by atoms with Crippen molar-refractivity contribution in [2.75, 3.05) is 0 Å². The summed E-state index contributed by atoms with van der Waals surface area (Å²) in [5.41, 5.74) is 7.28. The van der Waals surface area contributed by atoms with Crippen LogP contribution in [0.2, 0.25) is 0 Å². The van der Waals surface area contributed by atoms with Gasteiger partial charge in [-0.3, -0.25) is 10.1 Å². The number of nitro groups is 1. The minimum Gasteiger partial charge on any atom is -0.457 e. The van der Waals surface area contributed by atoms with Crippen LogP contribution in [-0.2, 0) is 6.54 Å². The highest BCUT2D eigenvalue weighted by molar-refractivity contribution is 9.10. The van der Waals surface area contributed by atoms with Crippen LogP contribution < -0.4 is 10.5 Å². The van der Waals surface area contributed by atoms with E-state index in [4.69, 9.17) is 10.5 Å². The summed E-state index contributed by atoms with van der Waals surface area (Å²) in [5.74, 6) is 1.21. The van der Waals surface area contributed by atoms with Gasteiger partial charge in [-0.2, -0.15) is 0 Å². The molecule has 0 atom stereocenters. The standard InChI is InChI=1S/C14H13BrN2O3/c1-9-6-12(17(18)19)4-5-13(9)20-14-7-11(15)3-2-10(14)8-16/h2-7H,8,16H2,1H3. The van der Waals surface area contributed by atoms with E-state index in [2.05, 4.69) is 15.9 Å². The van der Waals surface area contributed by atoms with E-state index in [0.717, 1.165) is 10.0 Å². The summed E-state index contributed by atoms with van der Waals surface area (Å²) in [4.78, 5) is 10.3. The second kappa shape index (κ2) is 6.02. The lowest BCUT2D eigenvalue weighted by Crippen LogP contribution is -2.00. The third kappa shape index (κ3) is 3.15. The van der Waals surface area contributed by atoms with Crippen LogP contribution in [0.4, 0.5) is 5.69 Å². The van der Waals surface area contributed by atoms with Gasteiger partial charge >= 0.3 is 0 Å². The zero-order chi connectivity index (χ0) is 14.7. The van der Waals surface area contributed by atoms with E-state index in [1.807, 2.05) is 18.2 Å². The Morgan fingerprint density at radius 3 is 2.60 bits per heavy atom. The number of nitro benzene ring substituents is 1. The average Bonchev–Trinajstić information content (AvgIpc) is 2.41. The number of aryl methyl sites for hydroxylation is 1. The predicted molar refractivity (Wildman–Crippen MR) is 79.9 cm³/mol. The van der Waals surface area contributed by atoms with Gasteiger partial charge in [-0.05, 0) is 30.7 Å². The molecule has 5 nitrogen and oxygen atoms in total. The van der Waals surface area contributed by atoms with E-state index in [1.165, 1.54) is 12.1 Å². The summed E-state index contributed by atoms with van der Waals surface area (Å²) in [7, 11) is 0. The lowest BCUT2D eigenvalue weighted by atomic mass is 10.2. The first-order valence-corrected chi connectivity index (χ1v) is 6.72. The minimum absolute atomic E-state index is 0.0446. The SMILES string of the molecule is Cc1cc([N+](=O)[O-])ccc1Oc1cc(Br)ccc1CN. The van der Waals surface area contributed by atoms with Crippen molar-refractivity contribution in [1.82, 2.24) is 0 Å². The van der Waals surface area contributed by atoms with Crippen molar-refractivity contribution in [3.8, 4) is 11.5 Å². The fourth-order valence-electron chi connectivity index (χ4n) is 1.77. The molecular weight excluding hydrogens is 324 g/mol. The summed E-state index contributed by atoms with van der Waals surface area (Å²) in [6.45, 7) is 2.12. The van der Waals surface area contributed by atoms with Gasteiger partial charge in [0.2, 0.25) is 0 Å². The van der Waals surface area contributed by atoms with Gasteiger partial charge in [-0.15, -0.1) is 0 Å². The lowest BCUT2D eigenvalue weighted by Gasteiger charge is -2.12. The van der Waals surface area contributed by atoms with Gasteiger partial charge < -0.3 is 10.5 Å². The van der Waals surface area contributed by atoms with Gasteiger partial charge in [-0.1, -0.05) is 22.0 Å². The Bertz CT molecular complexity index is 659. The normalized spacial score (nSPS) is 10.3. The molecular formula is C14H13BrN2O3. The fourth-order valence-corrected chi connectivity index (χ4v) is 2.11. The first-order valence-electron chi connectivity index (χ1n) is 5.92. The van der Waals surface area contributed by atoms with Crippen molar-refractivity contribution in [1.29, 1.82) is 0 Å². The average molecular weight is 337 g/mol. The maximum atomic E-state index is 10.7. The summed E-state index contributed by atoms with van der Waals surface area (Å²) in [5, 5.41) is 10.7. The Morgan fingerprint density at radius 2 is 2.00 bits per heavy atom. The highest BCUT2D eigenvalue weighted by Crippen LogP contribution is 2.31. The first-order chi connectivity index (χ1) is 9.51. The molecule has 0 fully saturated rings. The molecule has 0 heterocycles. The molecule has 2 aromatic rings. The zero-order valence-corrected chi connectivity index (χ0v) is 12.4. The van der Waals surface area contributed by atoms with Gasteiger partial charge in [0.25, 0.3) is 5.69 Å². The predicted octanol–water partition coefficient (Wildman–Crippen LogP) is 3.92. The Hall–Kier alpha value is -1.92. The smallest absolute Gasteiger partial charge is 0.269 e. The first kappa shape index (κ1) is 14.5. The summed E-state index contributed by atoms with van der Waals surface area (Å²) in [6.07, 6.45) is 0. The van der Waals surface area contributed by atoms with E-state index in [-0.39, 0.29) is 5.69 Å². The molecule has 6 heteroatoms. The molecule has 2 rings (SSSR count). The number of ether oxygens (including phenoxy) is 1. The van der Waals surface area contributed by atoms with Crippen molar-refractivity contribution in [3.05, 3.63) is 62.1 Å². The molecule has 0 bridgehead atoms. The van der Waals surface area contributed by atoms with Crippen LogP contribution >= 0.6 is 15.9 Å².